The van der Waals surface area contributed by atoms with Gasteiger partial charge in [0.1, 0.15) is 0 Å². The Morgan fingerprint density at radius 3 is 0.966 bits per heavy atom. The Kier molecular flexibility index (Phi) is 8.88. The van der Waals surface area contributed by atoms with Crippen LogP contribution in [0, 0.1) is 0 Å². The summed E-state index contributed by atoms with van der Waals surface area (Å²) >= 11 is 3.70. The molecule has 0 amide bonds. The maximum absolute atomic E-state index is 2.45. The maximum Gasteiger partial charge on any atom is 0.0702 e. The lowest BCUT2D eigenvalue weighted by Crippen LogP contribution is -2.16. The summed E-state index contributed by atoms with van der Waals surface area (Å²) in [6.07, 6.45) is 0. The van der Waals surface area contributed by atoms with Crippen LogP contribution in [-0.4, -0.2) is 0 Å². The summed E-state index contributed by atoms with van der Waals surface area (Å²) in [5.41, 5.74) is 9.93. The van der Waals surface area contributed by atoms with Gasteiger partial charge in [-0.3, -0.25) is 0 Å². The molecule has 0 bridgehead atoms. The molecule has 11 aromatic rings. The Labute approximate surface area is 351 Å². The van der Waals surface area contributed by atoms with Crippen molar-refractivity contribution in [3.63, 3.8) is 0 Å². The van der Waals surface area contributed by atoms with Gasteiger partial charge in [-0.2, -0.15) is 0 Å². The van der Waals surface area contributed by atoms with Crippen LogP contribution in [-0.2, 0) is 0 Å². The van der Waals surface area contributed by atoms with Gasteiger partial charge >= 0.3 is 0 Å². The summed E-state index contributed by atoms with van der Waals surface area (Å²) in [6, 6.07) is 81.1. The second kappa shape index (κ2) is 15.0. The molecule has 9 aromatic carbocycles. The van der Waals surface area contributed by atoms with Crippen molar-refractivity contribution in [3.8, 4) is 0 Å². The molecule has 0 aliphatic heterocycles. The Morgan fingerprint density at radius 1 is 0.220 bits per heavy atom. The number of para-hydroxylation sites is 6. The standard InChI is InChI=1S/C54H37N3S2/c1-5-17-38(18-6-1)55(39-19-7-2-8-20-39)42-29-32-53-47(35-42)48-37-44(31-34-54(48)59-53)57(43-30-33-52-46(36-43)45-25-13-16-28-51(45)58-52)50-27-15-14-26-49(50)56(40-21-9-3-10-22-40)41-23-11-4-12-24-41/h1-37H. The van der Waals surface area contributed by atoms with Gasteiger partial charge in [-0.1, -0.05) is 103 Å². The normalized spacial score (nSPS) is 11.4. The monoisotopic (exact) mass is 791 g/mol. The topological polar surface area (TPSA) is 9.72 Å². The molecule has 0 radical (unpaired) electrons. The summed E-state index contributed by atoms with van der Waals surface area (Å²) < 4.78 is 5.11. The lowest BCUT2D eigenvalue weighted by Gasteiger charge is -2.33. The third kappa shape index (κ3) is 6.38. The molecule has 2 aromatic heterocycles. The van der Waals surface area contributed by atoms with Crippen molar-refractivity contribution in [3.05, 3.63) is 224 Å². The molecule has 0 aliphatic rings. The molecule has 0 spiro atoms. The highest BCUT2D eigenvalue weighted by molar-refractivity contribution is 7.26. The van der Waals surface area contributed by atoms with Crippen molar-refractivity contribution in [1.82, 2.24) is 0 Å². The van der Waals surface area contributed by atoms with Crippen LogP contribution in [0.4, 0.5) is 51.2 Å². The first-order valence-corrected chi connectivity index (χ1v) is 21.5. The molecular formula is C54H37N3S2. The van der Waals surface area contributed by atoms with E-state index in [1.54, 1.807) is 0 Å². The second-order valence-corrected chi connectivity index (χ2v) is 16.7. The maximum atomic E-state index is 2.45. The van der Waals surface area contributed by atoms with Gasteiger partial charge in [-0.05, 0) is 121 Å². The van der Waals surface area contributed by atoms with Crippen molar-refractivity contribution in [2.45, 2.75) is 0 Å². The minimum absolute atomic E-state index is 1.08. The lowest BCUT2D eigenvalue weighted by molar-refractivity contribution is 1.23. The molecule has 0 atom stereocenters. The van der Waals surface area contributed by atoms with Gasteiger partial charge in [0.25, 0.3) is 0 Å². The molecule has 280 valence electrons. The molecule has 0 fully saturated rings. The smallest absolute Gasteiger partial charge is 0.0702 e. The van der Waals surface area contributed by atoms with E-state index in [0.717, 1.165) is 51.2 Å². The van der Waals surface area contributed by atoms with Gasteiger partial charge in [0.2, 0.25) is 0 Å². The second-order valence-electron chi connectivity index (χ2n) is 14.6. The zero-order valence-corrected chi connectivity index (χ0v) is 33.7. The summed E-state index contributed by atoms with van der Waals surface area (Å²) in [4.78, 5) is 7.16. The van der Waals surface area contributed by atoms with Crippen molar-refractivity contribution < 1.29 is 0 Å². The number of thiophene rings is 2. The van der Waals surface area contributed by atoms with Crippen molar-refractivity contribution in [1.29, 1.82) is 0 Å². The van der Waals surface area contributed by atoms with Gasteiger partial charge in [-0.25, -0.2) is 0 Å². The zero-order chi connectivity index (χ0) is 39.1. The fourth-order valence-electron chi connectivity index (χ4n) is 8.34. The van der Waals surface area contributed by atoms with Crippen LogP contribution in [0.3, 0.4) is 0 Å². The number of anilines is 9. The number of benzene rings is 9. The van der Waals surface area contributed by atoms with E-state index in [1.807, 2.05) is 22.7 Å². The summed E-state index contributed by atoms with van der Waals surface area (Å²) in [5.74, 6) is 0. The van der Waals surface area contributed by atoms with E-state index in [2.05, 4.69) is 239 Å². The van der Waals surface area contributed by atoms with Crippen molar-refractivity contribution in [2.24, 2.45) is 0 Å². The average molecular weight is 792 g/mol. The SMILES string of the molecule is c1ccc(N(c2ccccc2)c2ccc3sc4ccc(N(c5ccc6sc7ccccc7c6c5)c5ccccc5N(c5ccccc5)c5ccccc5)cc4c3c2)cc1. The quantitative estimate of drug-likeness (QED) is 0.144. The predicted octanol–water partition coefficient (Wildman–Crippen LogP) is 16.8. The van der Waals surface area contributed by atoms with E-state index in [9.17, 15) is 0 Å². The Morgan fingerprint density at radius 2 is 0.525 bits per heavy atom. The number of nitrogens with zero attached hydrogens (tertiary/aromatic N) is 3. The molecule has 0 saturated carbocycles. The Bertz CT molecular complexity index is 3150. The highest BCUT2D eigenvalue weighted by Crippen LogP contribution is 2.49. The van der Waals surface area contributed by atoms with Crippen LogP contribution in [0.5, 0.6) is 0 Å². The van der Waals surface area contributed by atoms with Crippen LogP contribution < -0.4 is 14.7 Å². The lowest BCUT2D eigenvalue weighted by atomic mass is 10.1. The first-order valence-electron chi connectivity index (χ1n) is 19.8. The molecule has 2 heterocycles. The van der Waals surface area contributed by atoms with E-state index in [0.29, 0.717) is 0 Å². The van der Waals surface area contributed by atoms with Gasteiger partial charge in [-0.15, -0.1) is 22.7 Å². The summed E-state index contributed by atoms with van der Waals surface area (Å²) in [6.45, 7) is 0. The van der Waals surface area contributed by atoms with Gasteiger partial charge in [0, 0.05) is 80.2 Å². The van der Waals surface area contributed by atoms with Crippen LogP contribution in [0.1, 0.15) is 0 Å². The number of hydrogen-bond acceptors (Lipinski definition) is 5. The van der Waals surface area contributed by atoms with Gasteiger partial charge in [0.15, 0.2) is 0 Å². The minimum atomic E-state index is 1.08. The molecular weight excluding hydrogens is 755 g/mol. The van der Waals surface area contributed by atoms with Gasteiger partial charge in [0.05, 0.1) is 11.4 Å². The average Bonchev–Trinajstić information content (AvgIpc) is 3.86. The first-order chi connectivity index (χ1) is 29.3. The Hall–Kier alpha value is -7.18. The van der Waals surface area contributed by atoms with E-state index >= 15 is 0 Å². The number of rotatable bonds is 9. The van der Waals surface area contributed by atoms with E-state index in [1.165, 1.54) is 40.3 Å². The summed E-state index contributed by atoms with van der Waals surface area (Å²) in [5, 5.41) is 5.02. The largest absolute Gasteiger partial charge is 0.310 e. The fourth-order valence-corrected chi connectivity index (χ4v) is 10.5. The molecule has 0 unspecified atom stereocenters. The van der Waals surface area contributed by atoms with Crippen LogP contribution in [0.2, 0.25) is 0 Å². The Balaban J connectivity index is 1.14. The van der Waals surface area contributed by atoms with Gasteiger partial charge < -0.3 is 14.7 Å². The van der Waals surface area contributed by atoms with Crippen LogP contribution >= 0.6 is 22.7 Å². The summed E-state index contributed by atoms with van der Waals surface area (Å²) in [7, 11) is 0. The van der Waals surface area contributed by atoms with E-state index in [4.69, 9.17) is 0 Å². The molecule has 0 aliphatic carbocycles. The minimum Gasteiger partial charge on any atom is -0.310 e. The highest BCUT2D eigenvalue weighted by Gasteiger charge is 2.23. The number of hydrogen-bond donors (Lipinski definition) is 0. The molecule has 3 nitrogen and oxygen atoms in total. The molecule has 0 N–H and O–H groups in total. The third-order valence-electron chi connectivity index (χ3n) is 11.0. The third-order valence-corrected chi connectivity index (χ3v) is 13.3. The van der Waals surface area contributed by atoms with E-state index < -0.39 is 0 Å². The predicted molar refractivity (Wildman–Crippen MR) is 256 cm³/mol. The molecule has 59 heavy (non-hydrogen) atoms. The molecule has 0 saturated heterocycles. The van der Waals surface area contributed by atoms with Crippen LogP contribution in [0.15, 0.2) is 224 Å². The molecule has 11 rings (SSSR count). The highest BCUT2D eigenvalue weighted by atomic mass is 32.1. The van der Waals surface area contributed by atoms with Crippen LogP contribution in [0.25, 0.3) is 40.3 Å². The molecule has 5 heteroatoms. The van der Waals surface area contributed by atoms with Crippen molar-refractivity contribution >= 4 is 114 Å². The first kappa shape index (κ1) is 35.0. The van der Waals surface area contributed by atoms with Crippen molar-refractivity contribution in [2.75, 3.05) is 14.7 Å². The number of fused-ring (bicyclic) bond motifs is 6. The van der Waals surface area contributed by atoms with E-state index in [-0.39, 0.29) is 0 Å². The zero-order valence-electron chi connectivity index (χ0n) is 32.0. The fraction of sp³-hybridized carbons (Fsp3) is 0.